The van der Waals surface area contributed by atoms with Crippen molar-refractivity contribution in [1.82, 2.24) is 0 Å². The van der Waals surface area contributed by atoms with Gasteiger partial charge in [0.2, 0.25) is 6.10 Å². The predicted molar refractivity (Wildman–Crippen MR) is 102 cm³/mol. The Morgan fingerprint density at radius 3 is 2.70 bits per heavy atom. The molecule has 0 saturated carbocycles. The lowest BCUT2D eigenvalue weighted by Gasteiger charge is -2.11. The molecule has 0 aliphatic rings. The molecule has 6 nitrogen and oxygen atoms in total. The van der Waals surface area contributed by atoms with Gasteiger partial charge in [0.05, 0.1) is 19.9 Å². The summed E-state index contributed by atoms with van der Waals surface area (Å²) in [5, 5.41) is 6.41. The molecule has 2 aromatic rings. The van der Waals surface area contributed by atoms with Crippen molar-refractivity contribution in [3.8, 4) is 11.5 Å². The standard InChI is InChI=1S/C20H23FN2O4/c1-5-26-18-9-7-15(10-19(18)25-4)12-22-27-14(3)20(24)23-16-8-6-13(2)17(21)11-16/h6-12,14H,5H2,1-4H3,(H,23,24)/b22-12+. The number of amides is 1. The van der Waals surface area contributed by atoms with Crippen LogP contribution in [-0.2, 0) is 9.63 Å². The number of carbonyl (C=O) groups excluding carboxylic acids is 1. The van der Waals surface area contributed by atoms with Crippen LogP contribution in [0.5, 0.6) is 11.5 Å². The zero-order valence-electron chi connectivity index (χ0n) is 15.8. The van der Waals surface area contributed by atoms with E-state index in [1.807, 2.05) is 6.92 Å². The van der Waals surface area contributed by atoms with E-state index in [-0.39, 0.29) is 5.82 Å². The van der Waals surface area contributed by atoms with Gasteiger partial charge in [0.1, 0.15) is 5.82 Å². The minimum Gasteiger partial charge on any atom is -0.493 e. The number of halogens is 1. The molecule has 0 aromatic heterocycles. The highest BCUT2D eigenvalue weighted by atomic mass is 19.1. The summed E-state index contributed by atoms with van der Waals surface area (Å²) in [5.41, 5.74) is 1.59. The van der Waals surface area contributed by atoms with Crippen molar-refractivity contribution in [3.63, 3.8) is 0 Å². The molecule has 1 N–H and O–H groups in total. The number of nitrogens with one attached hydrogen (secondary N) is 1. The Morgan fingerprint density at radius 2 is 2.04 bits per heavy atom. The molecule has 0 spiro atoms. The number of aryl methyl sites for hydroxylation is 1. The fourth-order valence-electron chi connectivity index (χ4n) is 2.18. The van der Waals surface area contributed by atoms with Gasteiger partial charge in [0.15, 0.2) is 11.5 Å². The summed E-state index contributed by atoms with van der Waals surface area (Å²) in [5.74, 6) is 0.396. The molecule has 7 heteroatoms. The summed E-state index contributed by atoms with van der Waals surface area (Å²) < 4.78 is 24.2. The van der Waals surface area contributed by atoms with Gasteiger partial charge in [-0.05, 0) is 56.7 Å². The Balaban J connectivity index is 1.94. The van der Waals surface area contributed by atoms with Crippen molar-refractivity contribution in [2.45, 2.75) is 26.9 Å². The van der Waals surface area contributed by atoms with E-state index in [2.05, 4.69) is 10.5 Å². The molecule has 0 aliphatic heterocycles. The summed E-state index contributed by atoms with van der Waals surface area (Å²) in [6.45, 7) is 5.62. The maximum absolute atomic E-state index is 13.5. The van der Waals surface area contributed by atoms with Gasteiger partial charge in [-0.2, -0.15) is 0 Å². The second-order valence-electron chi connectivity index (χ2n) is 5.78. The zero-order chi connectivity index (χ0) is 19.8. The number of ether oxygens (including phenoxy) is 2. The Bertz CT molecular complexity index is 824. The van der Waals surface area contributed by atoms with Gasteiger partial charge in [-0.15, -0.1) is 0 Å². The van der Waals surface area contributed by atoms with E-state index in [0.29, 0.717) is 29.4 Å². The maximum atomic E-state index is 13.5. The quantitative estimate of drug-likeness (QED) is 0.562. The van der Waals surface area contributed by atoms with Crippen molar-refractivity contribution in [2.24, 2.45) is 5.16 Å². The lowest BCUT2D eigenvalue weighted by Crippen LogP contribution is -2.26. The minimum atomic E-state index is -0.852. The molecule has 1 unspecified atom stereocenters. The van der Waals surface area contributed by atoms with Crippen LogP contribution in [0.2, 0.25) is 0 Å². The first kappa shape index (κ1) is 20.2. The van der Waals surface area contributed by atoms with E-state index >= 15 is 0 Å². The Morgan fingerprint density at radius 1 is 1.26 bits per heavy atom. The fourth-order valence-corrected chi connectivity index (χ4v) is 2.18. The topological polar surface area (TPSA) is 69.2 Å². The molecular weight excluding hydrogens is 351 g/mol. The first-order valence-electron chi connectivity index (χ1n) is 8.51. The SMILES string of the molecule is CCOc1ccc(/C=N/OC(C)C(=O)Nc2ccc(C)c(F)c2)cc1OC. The molecule has 2 aromatic carbocycles. The van der Waals surface area contributed by atoms with Gasteiger partial charge in [0.25, 0.3) is 5.91 Å². The molecule has 144 valence electrons. The lowest BCUT2D eigenvalue weighted by atomic mass is 10.2. The zero-order valence-corrected chi connectivity index (χ0v) is 15.8. The average molecular weight is 374 g/mol. The van der Waals surface area contributed by atoms with Gasteiger partial charge < -0.3 is 19.6 Å². The van der Waals surface area contributed by atoms with Crippen LogP contribution in [0.25, 0.3) is 0 Å². The third-order valence-corrected chi connectivity index (χ3v) is 3.72. The summed E-state index contributed by atoms with van der Waals surface area (Å²) in [6, 6.07) is 9.78. The maximum Gasteiger partial charge on any atom is 0.267 e. The van der Waals surface area contributed by atoms with Crippen LogP contribution in [-0.4, -0.2) is 31.9 Å². The van der Waals surface area contributed by atoms with Crippen LogP contribution in [0.1, 0.15) is 25.0 Å². The third kappa shape index (κ3) is 5.70. The number of methoxy groups -OCH3 is 1. The molecule has 0 aliphatic carbocycles. The second kappa shape index (κ2) is 9.56. The monoisotopic (exact) mass is 374 g/mol. The highest BCUT2D eigenvalue weighted by Gasteiger charge is 2.15. The highest BCUT2D eigenvalue weighted by molar-refractivity contribution is 5.94. The van der Waals surface area contributed by atoms with E-state index in [1.165, 1.54) is 12.3 Å². The first-order chi connectivity index (χ1) is 12.9. The van der Waals surface area contributed by atoms with Crippen molar-refractivity contribution in [1.29, 1.82) is 0 Å². The normalized spacial score (nSPS) is 11.9. The lowest BCUT2D eigenvalue weighted by molar-refractivity contribution is -0.126. The summed E-state index contributed by atoms with van der Waals surface area (Å²) in [4.78, 5) is 17.3. The molecule has 0 saturated heterocycles. The Labute approximate surface area is 157 Å². The number of anilines is 1. The largest absolute Gasteiger partial charge is 0.493 e. The van der Waals surface area contributed by atoms with Crippen molar-refractivity contribution < 1.29 is 23.5 Å². The number of nitrogens with zero attached hydrogens (tertiary/aromatic N) is 1. The van der Waals surface area contributed by atoms with Crippen LogP contribution in [0, 0.1) is 12.7 Å². The molecule has 0 bridgehead atoms. The molecule has 0 radical (unpaired) electrons. The van der Waals surface area contributed by atoms with Crippen LogP contribution in [0.3, 0.4) is 0 Å². The Kier molecular flexibility index (Phi) is 7.16. The molecular formula is C20H23FN2O4. The average Bonchev–Trinajstić information content (AvgIpc) is 2.65. The van der Waals surface area contributed by atoms with Gasteiger partial charge in [-0.3, -0.25) is 4.79 Å². The predicted octanol–water partition coefficient (Wildman–Crippen LogP) is 3.92. The van der Waals surface area contributed by atoms with Crippen LogP contribution >= 0.6 is 0 Å². The fraction of sp³-hybridized carbons (Fsp3) is 0.300. The summed E-state index contributed by atoms with van der Waals surface area (Å²) in [7, 11) is 1.55. The van der Waals surface area contributed by atoms with Gasteiger partial charge in [0, 0.05) is 11.3 Å². The van der Waals surface area contributed by atoms with Gasteiger partial charge in [-0.1, -0.05) is 11.2 Å². The summed E-state index contributed by atoms with van der Waals surface area (Å²) >= 11 is 0. The van der Waals surface area contributed by atoms with E-state index in [1.54, 1.807) is 51.3 Å². The van der Waals surface area contributed by atoms with Crippen LogP contribution in [0.4, 0.5) is 10.1 Å². The van der Waals surface area contributed by atoms with Crippen molar-refractivity contribution in [2.75, 3.05) is 19.0 Å². The van der Waals surface area contributed by atoms with E-state index in [9.17, 15) is 9.18 Å². The van der Waals surface area contributed by atoms with Crippen molar-refractivity contribution >= 4 is 17.8 Å². The summed E-state index contributed by atoms with van der Waals surface area (Å²) in [6.07, 6.45) is 0.614. The van der Waals surface area contributed by atoms with Gasteiger partial charge >= 0.3 is 0 Å². The number of carbonyl (C=O) groups is 1. The van der Waals surface area contributed by atoms with E-state index in [0.717, 1.165) is 5.56 Å². The smallest absolute Gasteiger partial charge is 0.267 e. The molecule has 1 atom stereocenters. The number of hydrogen-bond acceptors (Lipinski definition) is 5. The number of hydrogen-bond donors (Lipinski definition) is 1. The molecule has 0 heterocycles. The third-order valence-electron chi connectivity index (χ3n) is 3.72. The highest BCUT2D eigenvalue weighted by Crippen LogP contribution is 2.27. The molecule has 0 fully saturated rings. The van der Waals surface area contributed by atoms with Crippen LogP contribution < -0.4 is 14.8 Å². The molecule has 2 rings (SSSR count). The number of benzene rings is 2. The van der Waals surface area contributed by atoms with Gasteiger partial charge in [-0.25, -0.2) is 4.39 Å². The number of rotatable bonds is 8. The molecule has 1 amide bonds. The second-order valence-corrected chi connectivity index (χ2v) is 5.78. The van der Waals surface area contributed by atoms with E-state index < -0.39 is 12.0 Å². The van der Waals surface area contributed by atoms with Crippen molar-refractivity contribution in [3.05, 3.63) is 53.3 Å². The molecule has 27 heavy (non-hydrogen) atoms. The first-order valence-corrected chi connectivity index (χ1v) is 8.51. The Hall–Kier alpha value is -3.09. The minimum absolute atomic E-state index is 0.360. The van der Waals surface area contributed by atoms with Crippen LogP contribution in [0.15, 0.2) is 41.6 Å². The number of oxime groups is 1. The van der Waals surface area contributed by atoms with E-state index in [4.69, 9.17) is 14.3 Å².